The second kappa shape index (κ2) is 4.92. The van der Waals surface area contributed by atoms with Crippen LogP contribution in [-0.4, -0.2) is 9.97 Å². The van der Waals surface area contributed by atoms with Gasteiger partial charge in [-0.2, -0.15) is 13.2 Å². The van der Waals surface area contributed by atoms with Crippen LogP contribution < -0.4 is 11.3 Å². The van der Waals surface area contributed by atoms with Gasteiger partial charge in [0.25, 0.3) is 0 Å². The molecule has 3 N–H and O–H groups in total. The minimum absolute atomic E-state index is 0.411. The van der Waals surface area contributed by atoms with Crippen molar-refractivity contribution in [2.24, 2.45) is 5.84 Å². The summed E-state index contributed by atoms with van der Waals surface area (Å²) in [5.41, 5.74) is 2.49. The number of hydrazine groups is 1. The lowest BCUT2D eigenvalue weighted by Gasteiger charge is -2.10. The lowest BCUT2D eigenvalue weighted by molar-refractivity contribution is -0.137. The van der Waals surface area contributed by atoms with E-state index in [4.69, 9.17) is 5.84 Å². The number of nitrogens with zero attached hydrogens (tertiary/aromatic N) is 2. The van der Waals surface area contributed by atoms with E-state index in [0.717, 1.165) is 9.88 Å². The first-order valence-corrected chi connectivity index (χ1v) is 6.46. The number of thiazole rings is 2. The van der Waals surface area contributed by atoms with Crippen molar-refractivity contribution in [3.05, 3.63) is 32.2 Å². The molecule has 0 radical (unpaired) electrons. The van der Waals surface area contributed by atoms with Gasteiger partial charge in [-0.1, -0.05) is 0 Å². The van der Waals surface area contributed by atoms with Crippen molar-refractivity contribution in [2.45, 2.75) is 19.1 Å². The summed E-state index contributed by atoms with van der Waals surface area (Å²) in [7, 11) is 0. The highest BCUT2D eigenvalue weighted by Crippen LogP contribution is 2.36. The van der Waals surface area contributed by atoms with Gasteiger partial charge in [-0.15, -0.1) is 22.7 Å². The van der Waals surface area contributed by atoms with Gasteiger partial charge in [0.2, 0.25) is 0 Å². The molecule has 0 aromatic carbocycles. The Morgan fingerprint density at radius 1 is 1.22 bits per heavy atom. The fraction of sp³-hybridized carbons (Fsp3) is 0.333. The molecular formula is C9H9F3N4S2. The smallest absolute Gasteiger partial charge is 0.271 e. The molecule has 0 aliphatic carbocycles. The molecule has 2 aromatic heterocycles. The van der Waals surface area contributed by atoms with Crippen molar-refractivity contribution in [1.82, 2.24) is 15.4 Å². The van der Waals surface area contributed by atoms with Crippen molar-refractivity contribution in [2.75, 3.05) is 0 Å². The molecule has 2 heterocycles. The molecule has 2 rings (SSSR count). The van der Waals surface area contributed by atoms with Gasteiger partial charge in [-0.25, -0.2) is 15.4 Å². The van der Waals surface area contributed by atoms with Gasteiger partial charge in [0.1, 0.15) is 0 Å². The van der Waals surface area contributed by atoms with Crippen molar-refractivity contribution >= 4 is 22.7 Å². The summed E-state index contributed by atoms with van der Waals surface area (Å²) in [4.78, 5) is 8.59. The van der Waals surface area contributed by atoms with E-state index in [0.29, 0.717) is 16.2 Å². The number of nitrogens with two attached hydrogens (primary N) is 1. The summed E-state index contributed by atoms with van der Waals surface area (Å²) in [5.74, 6) is 5.39. The molecule has 0 fully saturated rings. The van der Waals surface area contributed by atoms with Gasteiger partial charge < -0.3 is 0 Å². The highest BCUT2D eigenvalue weighted by atomic mass is 32.1. The minimum Gasteiger partial charge on any atom is -0.271 e. The summed E-state index contributed by atoms with van der Waals surface area (Å²) in [6.45, 7) is 1.82. The Morgan fingerprint density at radius 3 is 2.28 bits per heavy atom. The van der Waals surface area contributed by atoms with Crippen LogP contribution in [0.5, 0.6) is 0 Å². The van der Waals surface area contributed by atoms with Crippen LogP contribution in [-0.2, 0) is 6.18 Å². The van der Waals surface area contributed by atoms with Crippen LogP contribution in [0.4, 0.5) is 13.2 Å². The van der Waals surface area contributed by atoms with Crippen molar-refractivity contribution in [3.63, 3.8) is 0 Å². The first kappa shape index (κ1) is 13.4. The van der Waals surface area contributed by atoms with Crippen molar-refractivity contribution < 1.29 is 13.2 Å². The Morgan fingerprint density at radius 2 is 1.83 bits per heavy atom. The molecule has 98 valence electrons. The van der Waals surface area contributed by atoms with Crippen LogP contribution in [0.1, 0.15) is 25.8 Å². The maximum Gasteiger partial charge on any atom is 0.443 e. The number of halogens is 3. The quantitative estimate of drug-likeness (QED) is 0.674. The molecule has 0 spiro atoms. The third-order valence-electron chi connectivity index (χ3n) is 2.14. The first-order chi connectivity index (χ1) is 8.41. The van der Waals surface area contributed by atoms with E-state index in [1.807, 2.05) is 6.92 Å². The van der Waals surface area contributed by atoms with Crippen LogP contribution in [0.2, 0.25) is 0 Å². The third kappa shape index (κ3) is 2.69. The summed E-state index contributed by atoms with van der Waals surface area (Å²) < 4.78 is 37.4. The maximum atomic E-state index is 12.5. The average molecular weight is 294 g/mol. The van der Waals surface area contributed by atoms with Gasteiger partial charge in [-0.05, 0) is 6.92 Å². The Hall–Kier alpha value is -1.03. The van der Waals surface area contributed by atoms with Crippen LogP contribution in [0.15, 0.2) is 12.4 Å². The van der Waals surface area contributed by atoms with E-state index in [1.165, 1.54) is 17.5 Å². The van der Waals surface area contributed by atoms with E-state index in [-0.39, 0.29) is 0 Å². The zero-order valence-corrected chi connectivity index (χ0v) is 10.8. The van der Waals surface area contributed by atoms with E-state index in [1.54, 1.807) is 6.20 Å². The number of aromatic nitrogens is 2. The molecule has 0 saturated carbocycles. The molecule has 0 aliphatic rings. The Balaban J connectivity index is 2.31. The molecule has 1 unspecified atom stereocenters. The predicted molar refractivity (Wildman–Crippen MR) is 63.1 cm³/mol. The van der Waals surface area contributed by atoms with E-state index < -0.39 is 17.2 Å². The summed E-state index contributed by atoms with van der Waals surface area (Å²) in [6.07, 6.45) is -1.64. The second-order valence-electron chi connectivity index (χ2n) is 3.45. The van der Waals surface area contributed by atoms with E-state index >= 15 is 0 Å². The zero-order valence-electron chi connectivity index (χ0n) is 9.15. The molecule has 0 aliphatic heterocycles. The summed E-state index contributed by atoms with van der Waals surface area (Å²) >= 11 is 1.95. The highest BCUT2D eigenvalue weighted by molar-refractivity contribution is 7.13. The Labute approximate surface area is 109 Å². The fourth-order valence-corrected chi connectivity index (χ4v) is 3.17. The van der Waals surface area contributed by atoms with Crippen molar-refractivity contribution in [3.8, 4) is 0 Å². The van der Waals surface area contributed by atoms with Crippen LogP contribution in [0, 0.1) is 6.92 Å². The molecule has 4 nitrogen and oxygen atoms in total. The van der Waals surface area contributed by atoms with Gasteiger partial charge in [0.15, 0.2) is 5.01 Å². The van der Waals surface area contributed by atoms with Gasteiger partial charge in [0.05, 0.1) is 11.0 Å². The third-order valence-corrected chi connectivity index (χ3v) is 4.23. The Bertz CT molecular complexity index is 534. The lowest BCUT2D eigenvalue weighted by atomic mass is 10.2. The topological polar surface area (TPSA) is 63.8 Å². The maximum absolute atomic E-state index is 12.5. The number of aryl methyl sites for hydroxylation is 1. The molecule has 18 heavy (non-hydrogen) atoms. The number of nitrogens with one attached hydrogen (secondary N) is 1. The normalized spacial score (nSPS) is 13.8. The molecule has 2 aromatic rings. The average Bonchev–Trinajstić information content (AvgIpc) is 2.88. The van der Waals surface area contributed by atoms with Crippen LogP contribution in [0.25, 0.3) is 0 Å². The molecule has 0 bridgehead atoms. The lowest BCUT2D eigenvalue weighted by Crippen LogP contribution is -2.27. The first-order valence-electron chi connectivity index (χ1n) is 4.83. The largest absolute Gasteiger partial charge is 0.443 e. The number of rotatable bonds is 3. The van der Waals surface area contributed by atoms with E-state index in [2.05, 4.69) is 15.4 Å². The monoisotopic (exact) mass is 294 g/mol. The summed E-state index contributed by atoms with van der Waals surface area (Å²) in [6, 6.07) is -0.509. The van der Waals surface area contributed by atoms with Gasteiger partial charge in [-0.3, -0.25) is 5.84 Å². The standard InChI is InChI=1S/C9H9F3N4S2/c1-4-14-2-5(17-4)7(16-13)6-3-15-8(18-6)9(10,11)12/h2-3,7,16H,13H2,1H3. The zero-order chi connectivity index (χ0) is 13.3. The predicted octanol–water partition coefficient (Wildman–Crippen LogP) is 2.48. The van der Waals surface area contributed by atoms with Crippen LogP contribution >= 0.6 is 22.7 Å². The van der Waals surface area contributed by atoms with Crippen LogP contribution in [0.3, 0.4) is 0 Å². The molecule has 0 amide bonds. The fourth-order valence-electron chi connectivity index (χ4n) is 1.37. The molecule has 9 heteroatoms. The number of hydrogen-bond donors (Lipinski definition) is 2. The molecule has 1 atom stereocenters. The summed E-state index contributed by atoms with van der Waals surface area (Å²) in [5, 5.41) is -0.0511. The minimum atomic E-state index is -4.42. The van der Waals surface area contributed by atoms with E-state index in [9.17, 15) is 13.2 Å². The number of alkyl halides is 3. The molecule has 0 saturated heterocycles. The van der Waals surface area contributed by atoms with Gasteiger partial charge >= 0.3 is 6.18 Å². The second-order valence-corrected chi connectivity index (χ2v) is 5.78. The van der Waals surface area contributed by atoms with Crippen molar-refractivity contribution in [1.29, 1.82) is 0 Å². The number of hydrogen-bond acceptors (Lipinski definition) is 6. The molecular weight excluding hydrogens is 285 g/mol. The Kier molecular flexibility index (Phi) is 3.66. The highest BCUT2D eigenvalue weighted by Gasteiger charge is 2.35. The van der Waals surface area contributed by atoms with Gasteiger partial charge in [0, 0.05) is 22.1 Å². The SMILES string of the molecule is Cc1ncc(C(NN)c2cnc(C(F)(F)F)s2)s1.